The first-order valence-electron chi connectivity index (χ1n) is 4.46. The van der Waals surface area contributed by atoms with Gasteiger partial charge in [0, 0.05) is 11.0 Å². The number of H-pyrrole nitrogens is 1. The molecule has 3 N–H and O–H groups in total. The van der Waals surface area contributed by atoms with Crippen LogP contribution in [0.4, 0.5) is 0 Å². The summed E-state index contributed by atoms with van der Waals surface area (Å²) in [6, 6.07) is 0. The van der Waals surface area contributed by atoms with Crippen LogP contribution in [0.15, 0.2) is 10.7 Å². The first-order valence-corrected chi connectivity index (χ1v) is 5.25. The molecule has 0 saturated heterocycles. The van der Waals surface area contributed by atoms with E-state index in [0.717, 1.165) is 23.0 Å². The maximum Gasteiger partial charge on any atom is 0.0632 e. The number of nitrogens with one attached hydrogen (secondary N) is 1. The van der Waals surface area contributed by atoms with Gasteiger partial charge in [-0.3, -0.25) is 5.10 Å². The molecule has 0 bridgehead atoms. The SMILES string of the molecule is CC(C)(N)C1(c2[nH]ncc2Br)CC1. The molecule has 1 fully saturated rings. The summed E-state index contributed by atoms with van der Waals surface area (Å²) < 4.78 is 1.04. The van der Waals surface area contributed by atoms with E-state index in [4.69, 9.17) is 5.73 Å². The molecule has 1 aliphatic rings. The lowest BCUT2D eigenvalue weighted by atomic mass is 9.82. The third kappa shape index (κ3) is 1.23. The van der Waals surface area contributed by atoms with Crippen LogP contribution in [0.5, 0.6) is 0 Å². The Balaban J connectivity index is 2.42. The molecule has 0 aliphatic heterocycles. The minimum Gasteiger partial charge on any atom is -0.325 e. The highest BCUT2D eigenvalue weighted by molar-refractivity contribution is 9.10. The van der Waals surface area contributed by atoms with E-state index in [-0.39, 0.29) is 11.0 Å². The lowest BCUT2D eigenvalue weighted by molar-refractivity contribution is 0.382. The molecular formula is C9H14BrN3. The Labute approximate surface area is 86.2 Å². The molecule has 72 valence electrons. The molecule has 13 heavy (non-hydrogen) atoms. The van der Waals surface area contributed by atoms with Gasteiger partial charge in [-0.2, -0.15) is 5.10 Å². The summed E-state index contributed by atoms with van der Waals surface area (Å²) in [7, 11) is 0. The van der Waals surface area contributed by atoms with Gasteiger partial charge in [0.2, 0.25) is 0 Å². The van der Waals surface area contributed by atoms with Crippen molar-refractivity contribution in [2.45, 2.75) is 37.6 Å². The van der Waals surface area contributed by atoms with Gasteiger partial charge in [0.1, 0.15) is 0 Å². The molecule has 1 aliphatic carbocycles. The average Bonchev–Trinajstić information content (AvgIpc) is 2.70. The van der Waals surface area contributed by atoms with Crippen molar-refractivity contribution in [3.8, 4) is 0 Å². The van der Waals surface area contributed by atoms with E-state index in [1.165, 1.54) is 0 Å². The van der Waals surface area contributed by atoms with Crippen LogP contribution in [0.3, 0.4) is 0 Å². The van der Waals surface area contributed by atoms with Gasteiger partial charge >= 0.3 is 0 Å². The fourth-order valence-corrected chi connectivity index (χ4v) is 2.52. The summed E-state index contributed by atoms with van der Waals surface area (Å²) >= 11 is 3.49. The van der Waals surface area contributed by atoms with E-state index in [1.54, 1.807) is 6.20 Å². The molecular weight excluding hydrogens is 230 g/mol. The maximum absolute atomic E-state index is 6.17. The third-order valence-corrected chi connectivity index (χ3v) is 3.66. The topological polar surface area (TPSA) is 54.7 Å². The highest BCUT2D eigenvalue weighted by Gasteiger charge is 2.55. The highest BCUT2D eigenvalue weighted by Crippen LogP contribution is 2.55. The lowest BCUT2D eigenvalue weighted by Gasteiger charge is -2.30. The summed E-state index contributed by atoms with van der Waals surface area (Å²) in [5.74, 6) is 0. The number of aromatic amines is 1. The summed E-state index contributed by atoms with van der Waals surface area (Å²) in [6.07, 6.45) is 4.09. The first-order chi connectivity index (χ1) is 5.97. The van der Waals surface area contributed by atoms with E-state index in [0.29, 0.717) is 0 Å². The number of halogens is 1. The van der Waals surface area contributed by atoms with Crippen molar-refractivity contribution in [3.05, 3.63) is 16.4 Å². The van der Waals surface area contributed by atoms with Crippen LogP contribution in [-0.4, -0.2) is 15.7 Å². The van der Waals surface area contributed by atoms with Crippen molar-refractivity contribution in [2.75, 3.05) is 0 Å². The molecule has 1 aromatic rings. The Morgan fingerprint density at radius 3 is 2.54 bits per heavy atom. The van der Waals surface area contributed by atoms with Crippen LogP contribution >= 0.6 is 15.9 Å². The number of nitrogens with two attached hydrogens (primary N) is 1. The number of nitrogens with zero attached hydrogens (tertiary/aromatic N) is 1. The quantitative estimate of drug-likeness (QED) is 0.835. The normalized spacial score (nSPS) is 20.3. The van der Waals surface area contributed by atoms with Gasteiger partial charge in [0.05, 0.1) is 16.4 Å². The van der Waals surface area contributed by atoms with Crippen molar-refractivity contribution in [2.24, 2.45) is 5.73 Å². The monoisotopic (exact) mass is 243 g/mol. The molecule has 0 atom stereocenters. The fraction of sp³-hybridized carbons (Fsp3) is 0.667. The zero-order valence-corrected chi connectivity index (χ0v) is 9.48. The summed E-state index contributed by atoms with van der Waals surface area (Å²) in [5.41, 5.74) is 7.25. The molecule has 0 radical (unpaired) electrons. The Bertz CT molecular complexity index is 320. The van der Waals surface area contributed by atoms with Crippen LogP contribution in [0.25, 0.3) is 0 Å². The van der Waals surface area contributed by atoms with E-state index in [1.807, 2.05) is 0 Å². The van der Waals surface area contributed by atoms with E-state index >= 15 is 0 Å². The second kappa shape index (κ2) is 2.58. The van der Waals surface area contributed by atoms with Crippen LogP contribution < -0.4 is 5.73 Å². The van der Waals surface area contributed by atoms with E-state index < -0.39 is 0 Å². The molecule has 0 aromatic carbocycles. The lowest BCUT2D eigenvalue weighted by Crippen LogP contribution is -2.45. The van der Waals surface area contributed by atoms with Gasteiger partial charge in [0.25, 0.3) is 0 Å². The van der Waals surface area contributed by atoms with Crippen molar-refractivity contribution in [3.63, 3.8) is 0 Å². The minimum absolute atomic E-state index is 0.113. The molecule has 0 unspecified atom stereocenters. The first kappa shape index (κ1) is 9.21. The predicted molar refractivity (Wildman–Crippen MR) is 55.5 cm³/mol. The molecule has 1 aromatic heterocycles. The highest BCUT2D eigenvalue weighted by atomic mass is 79.9. The second-order valence-electron chi connectivity index (χ2n) is 4.40. The molecule has 3 nitrogen and oxygen atoms in total. The zero-order chi connectivity index (χ0) is 9.69. The van der Waals surface area contributed by atoms with Crippen molar-refractivity contribution in [1.82, 2.24) is 10.2 Å². The fourth-order valence-electron chi connectivity index (χ4n) is 1.95. The van der Waals surface area contributed by atoms with Crippen LogP contribution in [0.1, 0.15) is 32.4 Å². The van der Waals surface area contributed by atoms with Crippen molar-refractivity contribution in [1.29, 1.82) is 0 Å². The standard InChI is InChI=1S/C9H14BrN3/c1-8(2,11)9(3-4-9)7-6(10)5-12-13-7/h5H,3-4,11H2,1-2H3,(H,12,13). The maximum atomic E-state index is 6.17. The summed E-state index contributed by atoms with van der Waals surface area (Å²) in [5, 5.41) is 7.05. The Morgan fingerprint density at radius 2 is 2.23 bits per heavy atom. The van der Waals surface area contributed by atoms with Crippen LogP contribution in [-0.2, 0) is 5.41 Å². The number of hydrogen-bond donors (Lipinski definition) is 2. The molecule has 0 amide bonds. The van der Waals surface area contributed by atoms with Gasteiger partial charge in [-0.1, -0.05) is 0 Å². The van der Waals surface area contributed by atoms with Crippen LogP contribution in [0.2, 0.25) is 0 Å². The summed E-state index contributed by atoms with van der Waals surface area (Å²) in [4.78, 5) is 0. The molecule has 0 spiro atoms. The van der Waals surface area contributed by atoms with Gasteiger partial charge < -0.3 is 5.73 Å². The molecule has 2 rings (SSSR count). The number of hydrogen-bond acceptors (Lipinski definition) is 2. The zero-order valence-electron chi connectivity index (χ0n) is 7.89. The van der Waals surface area contributed by atoms with Gasteiger partial charge in [-0.05, 0) is 42.6 Å². The number of rotatable bonds is 2. The molecule has 1 heterocycles. The predicted octanol–water partition coefficient (Wildman–Crippen LogP) is 1.94. The van der Waals surface area contributed by atoms with Crippen LogP contribution in [0, 0.1) is 0 Å². The van der Waals surface area contributed by atoms with Crippen molar-refractivity contribution >= 4 is 15.9 Å². The van der Waals surface area contributed by atoms with Gasteiger partial charge in [-0.25, -0.2) is 0 Å². The molecule has 4 heteroatoms. The third-order valence-electron chi connectivity index (χ3n) is 3.06. The van der Waals surface area contributed by atoms with E-state index in [2.05, 4.69) is 40.0 Å². The Morgan fingerprint density at radius 1 is 1.62 bits per heavy atom. The average molecular weight is 244 g/mol. The van der Waals surface area contributed by atoms with Gasteiger partial charge in [-0.15, -0.1) is 0 Å². The van der Waals surface area contributed by atoms with E-state index in [9.17, 15) is 0 Å². The van der Waals surface area contributed by atoms with Gasteiger partial charge in [0.15, 0.2) is 0 Å². The number of aromatic nitrogens is 2. The Hall–Kier alpha value is -0.350. The second-order valence-corrected chi connectivity index (χ2v) is 5.25. The summed E-state index contributed by atoms with van der Waals surface area (Å²) in [6.45, 7) is 4.15. The van der Waals surface area contributed by atoms with Crippen molar-refractivity contribution < 1.29 is 0 Å². The molecule has 1 saturated carbocycles. The minimum atomic E-state index is -0.179. The Kier molecular flexibility index (Phi) is 1.83. The largest absolute Gasteiger partial charge is 0.325 e. The smallest absolute Gasteiger partial charge is 0.0632 e.